The number of nitrogen functional groups attached to an aromatic ring is 1. The summed E-state index contributed by atoms with van der Waals surface area (Å²) in [6.45, 7) is 8.82. The summed E-state index contributed by atoms with van der Waals surface area (Å²) in [6.07, 6.45) is 2.00. The predicted octanol–water partition coefficient (Wildman–Crippen LogP) is 3.16. The second-order valence-corrected chi connectivity index (χ2v) is 7.05. The van der Waals surface area contributed by atoms with E-state index >= 15 is 0 Å². The van der Waals surface area contributed by atoms with E-state index in [4.69, 9.17) is 26.6 Å². The number of nitrogens with two attached hydrogens (primary N) is 1. The van der Waals surface area contributed by atoms with E-state index in [0.717, 1.165) is 11.0 Å². The van der Waals surface area contributed by atoms with E-state index in [9.17, 15) is 0 Å². The fourth-order valence-corrected chi connectivity index (χ4v) is 2.46. The van der Waals surface area contributed by atoms with Crippen molar-refractivity contribution in [3.63, 3.8) is 0 Å². The Bertz CT molecular complexity index is 572. The van der Waals surface area contributed by atoms with E-state index in [0.29, 0.717) is 17.3 Å². The molecule has 6 heteroatoms. The second-order valence-electron chi connectivity index (χ2n) is 6.61. The first-order chi connectivity index (χ1) is 10.2. The Morgan fingerprint density at radius 1 is 1.27 bits per heavy atom. The molecule has 22 heavy (non-hydrogen) atoms. The molecule has 0 atom stereocenters. The molecule has 1 aromatic rings. The molecule has 1 aliphatic rings. The Kier molecular flexibility index (Phi) is 4.92. The summed E-state index contributed by atoms with van der Waals surface area (Å²) in [5.41, 5.74) is 7.85. The molecule has 0 aromatic heterocycles. The van der Waals surface area contributed by atoms with Crippen molar-refractivity contribution in [1.29, 1.82) is 0 Å². The zero-order chi connectivity index (χ0) is 16.5. The number of likely N-dealkylation sites (N-methyl/N-ethyl adjacent to an activating group) is 1. The maximum Gasteiger partial charge on any atom is 0.491 e. The van der Waals surface area contributed by atoms with Gasteiger partial charge < -0.3 is 20.4 Å². The van der Waals surface area contributed by atoms with Gasteiger partial charge in [0, 0.05) is 17.3 Å². The molecule has 0 saturated carbocycles. The summed E-state index contributed by atoms with van der Waals surface area (Å²) in [7, 11) is 1.50. The van der Waals surface area contributed by atoms with Crippen LogP contribution in [0.3, 0.4) is 0 Å². The van der Waals surface area contributed by atoms with Crippen LogP contribution in [0.4, 0.5) is 5.69 Å². The lowest BCUT2D eigenvalue weighted by molar-refractivity contribution is 0.00578. The average molecular weight is 323 g/mol. The number of rotatable bonds is 4. The van der Waals surface area contributed by atoms with Crippen LogP contribution in [0.25, 0.3) is 6.08 Å². The second kappa shape index (κ2) is 6.24. The lowest BCUT2D eigenvalue weighted by Crippen LogP contribution is -2.41. The van der Waals surface area contributed by atoms with Crippen molar-refractivity contribution in [2.75, 3.05) is 19.3 Å². The van der Waals surface area contributed by atoms with Gasteiger partial charge in [0.15, 0.2) is 0 Å². The molecule has 0 bridgehead atoms. The summed E-state index contributed by atoms with van der Waals surface area (Å²) in [4.78, 5) is 0. The van der Waals surface area contributed by atoms with Crippen LogP contribution >= 0.6 is 11.6 Å². The highest BCUT2D eigenvalue weighted by atomic mass is 35.5. The highest BCUT2D eigenvalue weighted by Crippen LogP contribution is 2.38. The number of nitrogens with one attached hydrogen (secondary N) is 1. The number of anilines is 1. The van der Waals surface area contributed by atoms with Gasteiger partial charge in [0.2, 0.25) is 0 Å². The number of hydrogen-bond donors (Lipinski definition) is 2. The first-order valence-corrected chi connectivity index (χ1v) is 7.80. The predicted molar refractivity (Wildman–Crippen MR) is 93.9 cm³/mol. The molecule has 120 valence electrons. The van der Waals surface area contributed by atoms with Gasteiger partial charge >= 0.3 is 7.12 Å². The molecule has 4 nitrogen and oxygen atoms in total. The summed E-state index contributed by atoms with van der Waals surface area (Å²) < 4.78 is 12.2. The fourth-order valence-electron chi connectivity index (χ4n) is 2.28. The Morgan fingerprint density at radius 2 is 1.86 bits per heavy atom. The summed E-state index contributed by atoms with van der Waals surface area (Å²) in [5, 5.41) is 3.78. The van der Waals surface area contributed by atoms with Crippen LogP contribution in [-0.2, 0) is 9.31 Å². The topological polar surface area (TPSA) is 56.5 Å². The van der Waals surface area contributed by atoms with Crippen LogP contribution in [-0.4, -0.2) is 31.9 Å². The van der Waals surface area contributed by atoms with E-state index in [-0.39, 0.29) is 11.2 Å². The Labute approximate surface area is 138 Å². The Hall–Kier alpha value is -1.01. The van der Waals surface area contributed by atoms with Crippen LogP contribution in [0.2, 0.25) is 5.02 Å². The molecule has 0 spiro atoms. The van der Waals surface area contributed by atoms with Gasteiger partial charge in [0.1, 0.15) is 0 Å². The zero-order valence-corrected chi connectivity index (χ0v) is 14.6. The van der Waals surface area contributed by atoms with Crippen molar-refractivity contribution in [1.82, 2.24) is 5.32 Å². The minimum Gasteiger partial charge on any atom is -0.400 e. The molecule has 1 aliphatic heterocycles. The van der Waals surface area contributed by atoms with Crippen molar-refractivity contribution >= 4 is 30.5 Å². The maximum absolute atomic E-state index is 6.12. The van der Waals surface area contributed by atoms with Gasteiger partial charge in [-0.1, -0.05) is 23.7 Å². The average Bonchev–Trinajstić information content (AvgIpc) is 2.61. The van der Waals surface area contributed by atoms with E-state index < -0.39 is 7.12 Å². The van der Waals surface area contributed by atoms with Gasteiger partial charge in [-0.3, -0.25) is 0 Å². The minimum atomic E-state index is -0.396. The van der Waals surface area contributed by atoms with E-state index in [1.165, 1.54) is 0 Å². The SMILES string of the molecule is CNCC(=Cc1ccc(Cl)cc1N)B1OC(C)(C)C(C)(C)O1. The molecule has 0 unspecified atom stereocenters. The van der Waals surface area contributed by atoms with Crippen molar-refractivity contribution in [2.24, 2.45) is 0 Å². The maximum atomic E-state index is 6.12. The van der Waals surface area contributed by atoms with Gasteiger partial charge in [0.05, 0.1) is 11.2 Å². The lowest BCUT2D eigenvalue weighted by Gasteiger charge is -2.32. The smallest absolute Gasteiger partial charge is 0.400 e. The summed E-state index contributed by atoms with van der Waals surface area (Å²) in [5.74, 6) is 0. The number of halogens is 1. The molecule has 3 N–H and O–H groups in total. The molecule has 1 aromatic carbocycles. The van der Waals surface area contributed by atoms with Gasteiger partial charge in [-0.15, -0.1) is 0 Å². The van der Waals surface area contributed by atoms with Gasteiger partial charge in [-0.05, 0) is 57.9 Å². The zero-order valence-electron chi connectivity index (χ0n) is 13.9. The fraction of sp³-hybridized carbons (Fsp3) is 0.500. The highest BCUT2D eigenvalue weighted by Gasteiger charge is 2.52. The van der Waals surface area contributed by atoms with Crippen molar-refractivity contribution < 1.29 is 9.31 Å². The standard InChI is InChI=1S/C16H24BClN2O2/c1-15(2)16(3,4)22-17(21-15)12(10-20-5)8-11-6-7-13(18)9-14(11)19/h6-9,20H,10,19H2,1-5H3. The van der Waals surface area contributed by atoms with Gasteiger partial charge in [-0.2, -0.15) is 0 Å². The third kappa shape index (κ3) is 3.49. The van der Waals surface area contributed by atoms with Crippen molar-refractivity contribution in [3.05, 3.63) is 34.3 Å². The number of benzene rings is 1. The van der Waals surface area contributed by atoms with Crippen molar-refractivity contribution in [3.8, 4) is 0 Å². The molecule has 0 amide bonds. The van der Waals surface area contributed by atoms with Crippen LogP contribution in [0, 0.1) is 0 Å². The molecule has 1 fully saturated rings. The van der Waals surface area contributed by atoms with E-state index in [1.807, 2.05) is 53.0 Å². The van der Waals surface area contributed by atoms with Crippen LogP contribution in [0.15, 0.2) is 23.7 Å². The van der Waals surface area contributed by atoms with Crippen molar-refractivity contribution in [2.45, 2.75) is 38.9 Å². The molecule has 2 rings (SSSR count). The van der Waals surface area contributed by atoms with Crippen LogP contribution < -0.4 is 11.1 Å². The summed E-state index contributed by atoms with van der Waals surface area (Å²) in [6, 6.07) is 5.47. The Balaban J connectivity index is 2.33. The normalized spacial score (nSPS) is 20.5. The Morgan fingerprint density at radius 3 is 2.36 bits per heavy atom. The highest BCUT2D eigenvalue weighted by molar-refractivity contribution is 6.56. The molecular weight excluding hydrogens is 298 g/mol. The largest absolute Gasteiger partial charge is 0.491 e. The molecule has 1 heterocycles. The number of hydrogen-bond acceptors (Lipinski definition) is 4. The lowest BCUT2D eigenvalue weighted by atomic mass is 9.77. The van der Waals surface area contributed by atoms with E-state index in [1.54, 1.807) is 6.07 Å². The third-order valence-electron chi connectivity index (χ3n) is 4.33. The monoisotopic (exact) mass is 322 g/mol. The van der Waals surface area contributed by atoms with Gasteiger partial charge in [-0.25, -0.2) is 0 Å². The quantitative estimate of drug-likeness (QED) is 0.660. The molecule has 1 saturated heterocycles. The minimum absolute atomic E-state index is 0.365. The molecule has 0 radical (unpaired) electrons. The van der Waals surface area contributed by atoms with Gasteiger partial charge in [0.25, 0.3) is 0 Å². The molecular formula is C16H24BClN2O2. The molecule has 0 aliphatic carbocycles. The van der Waals surface area contributed by atoms with E-state index in [2.05, 4.69) is 5.32 Å². The third-order valence-corrected chi connectivity index (χ3v) is 4.56. The first-order valence-electron chi connectivity index (χ1n) is 7.42. The first kappa shape index (κ1) is 17.4. The van der Waals surface area contributed by atoms with Crippen LogP contribution in [0.1, 0.15) is 33.3 Å². The summed E-state index contributed by atoms with van der Waals surface area (Å²) >= 11 is 5.95. The van der Waals surface area contributed by atoms with Crippen LogP contribution in [0.5, 0.6) is 0 Å².